The third kappa shape index (κ3) is 4.92. The normalized spacial score (nSPS) is 14.6. The van der Waals surface area contributed by atoms with E-state index in [0.717, 1.165) is 41.2 Å². The molecule has 0 atom stereocenters. The van der Waals surface area contributed by atoms with E-state index in [1.54, 1.807) is 6.07 Å². The van der Waals surface area contributed by atoms with E-state index in [1.807, 2.05) is 49.1 Å². The van der Waals surface area contributed by atoms with Crippen LogP contribution in [0.3, 0.4) is 0 Å². The van der Waals surface area contributed by atoms with Gasteiger partial charge in [0.05, 0.1) is 5.69 Å². The number of amides is 2. The molecule has 0 radical (unpaired) electrons. The van der Waals surface area contributed by atoms with Crippen LogP contribution in [0.2, 0.25) is 5.02 Å². The number of carbonyl (C=O) groups excluding carboxylic acids is 1. The molecule has 1 aromatic heterocycles. The highest BCUT2D eigenvalue weighted by atomic mass is 35.5. The lowest BCUT2D eigenvalue weighted by atomic mass is 10.1. The van der Waals surface area contributed by atoms with Crippen LogP contribution in [-0.4, -0.2) is 47.0 Å². The number of aromatic nitrogens is 1. The van der Waals surface area contributed by atoms with Crippen molar-refractivity contribution in [2.75, 3.05) is 31.5 Å². The maximum absolute atomic E-state index is 12.6. The van der Waals surface area contributed by atoms with Crippen molar-refractivity contribution in [1.82, 2.24) is 14.8 Å². The van der Waals surface area contributed by atoms with E-state index in [9.17, 15) is 4.79 Å². The summed E-state index contributed by atoms with van der Waals surface area (Å²) in [6.45, 7) is 9.56. The first-order valence-electron chi connectivity index (χ1n) is 10.5. The molecule has 1 fully saturated rings. The molecule has 1 aliphatic rings. The van der Waals surface area contributed by atoms with E-state index in [4.69, 9.17) is 21.0 Å². The zero-order valence-electron chi connectivity index (χ0n) is 18.1. The largest absolute Gasteiger partial charge is 0.441 e. The lowest BCUT2D eigenvalue weighted by Gasteiger charge is -2.34. The molecule has 0 unspecified atom stereocenters. The summed E-state index contributed by atoms with van der Waals surface area (Å²) in [5.41, 5.74) is 4.82. The van der Waals surface area contributed by atoms with Crippen LogP contribution in [-0.2, 0) is 6.54 Å². The molecule has 6 nitrogen and oxygen atoms in total. The van der Waals surface area contributed by atoms with Gasteiger partial charge in [-0.3, -0.25) is 4.90 Å². The number of benzene rings is 2. The molecule has 0 aliphatic carbocycles. The van der Waals surface area contributed by atoms with Gasteiger partial charge in [-0.05, 0) is 50.1 Å². The highest BCUT2D eigenvalue weighted by Gasteiger charge is 2.23. The molecule has 0 spiro atoms. The van der Waals surface area contributed by atoms with Crippen LogP contribution < -0.4 is 5.32 Å². The second-order valence-corrected chi connectivity index (χ2v) is 8.40. The van der Waals surface area contributed by atoms with Gasteiger partial charge in [-0.15, -0.1) is 0 Å². The van der Waals surface area contributed by atoms with Gasteiger partial charge >= 0.3 is 6.03 Å². The topological polar surface area (TPSA) is 61.6 Å². The van der Waals surface area contributed by atoms with E-state index < -0.39 is 0 Å². The van der Waals surface area contributed by atoms with Gasteiger partial charge in [0.25, 0.3) is 0 Å². The molecule has 31 heavy (non-hydrogen) atoms. The smallest absolute Gasteiger partial charge is 0.321 e. The van der Waals surface area contributed by atoms with E-state index in [-0.39, 0.29) is 6.03 Å². The fraction of sp³-hybridized carbons (Fsp3) is 0.333. The first-order valence-corrected chi connectivity index (χ1v) is 10.9. The Morgan fingerprint density at radius 1 is 1.06 bits per heavy atom. The predicted octanol–water partition coefficient (Wildman–Crippen LogP) is 5.27. The number of rotatable bonds is 4. The Hall–Kier alpha value is -2.83. The summed E-state index contributed by atoms with van der Waals surface area (Å²) < 4.78 is 5.94. The van der Waals surface area contributed by atoms with Crippen molar-refractivity contribution in [3.63, 3.8) is 0 Å². The first-order chi connectivity index (χ1) is 14.9. The van der Waals surface area contributed by atoms with Crippen LogP contribution in [0, 0.1) is 20.8 Å². The maximum atomic E-state index is 12.6. The molecule has 2 aromatic carbocycles. The van der Waals surface area contributed by atoms with Gasteiger partial charge in [0.1, 0.15) is 5.76 Å². The number of anilines is 1. The summed E-state index contributed by atoms with van der Waals surface area (Å²) in [7, 11) is 0. The Morgan fingerprint density at radius 2 is 1.81 bits per heavy atom. The van der Waals surface area contributed by atoms with E-state index in [0.29, 0.717) is 36.2 Å². The van der Waals surface area contributed by atoms with Crippen LogP contribution in [0.5, 0.6) is 0 Å². The third-order valence-electron chi connectivity index (χ3n) is 5.72. The van der Waals surface area contributed by atoms with Crippen LogP contribution >= 0.6 is 11.6 Å². The van der Waals surface area contributed by atoms with Crippen LogP contribution in [0.25, 0.3) is 11.5 Å². The second kappa shape index (κ2) is 9.12. The van der Waals surface area contributed by atoms with Crippen molar-refractivity contribution in [1.29, 1.82) is 0 Å². The number of halogens is 1. The van der Waals surface area contributed by atoms with E-state index in [2.05, 4.69) is 23.2 Å². The number of nitrogens with one attached hydrogen (secondary N) is 1. The lowest BCUT2D eigenvalue weighted by Crippen LogP contribution is -2.49. The van der Waals surface area contributed by atoms with Crippen molar-refractivity contribution in [3.8, 4) is 11.5 Å². The van der Waals surface area contributed by atoms with Crippen molar-refractivity contribution in [2.45, 2.75) is 27.3 Å². The zero-order chi connectivity index (χ0) is 22.0. The van der Waals surface area contributed by atoms with Crippen molar-refractivity contribution in [3.05, 3.63) is 70.1 Å². The molecule has 1 aliphatic heterocycles. The molecular formula is C24H27ClN4O2. The minimum Gasteiger partial charge on any atom is -0.441 e. The minimum atomic E-state index is -0.0981. The van der Waals surface area contributed by atoms with Gasteiger partial charge in [-0.25, -0.2) is 9.78 Å². The number of hydrogen-bond donors (Lipinski definition) is 1. The second-order valence-electron chi connectivity index (χ2n) is 7.99. The monoisotopic (exact) mass is 438 g/mol. The number of hydrogen-bond acceptors (Lipinski definition) is 4. The maximum Gasteiger partial charge on any atom is 0.321 e. The summed E-state index contributed by atoms with van der Waals surface area (Å²) in [6, 6.07) is 13.6. The van der Waals surface area contributed by atoms with Crippen molar-refractivity contribution < 1.29 is 9.21 Å². The highest BCUT2D eigenvalue weighted by molar-refractivity contribution is 6.31. The predicted molar refractivity (Wildman–Crippen MR) is 123 cm³/mol. The Labute approximate surface area is 187 Å². The first kappa shape index (κ1) is 21.4. The summed E-state index contributed by atoms with van der Waals surface area (Å²) >= 11 is 6.16. The Morgan fingerprint density at radius 3 is 2.52 bits per heavy atom. The SMILES string of the molecule is Cc1ccc(NC(=O)N2CCN(Cc3nc(-c4ccccc4C)oc3C)CC2)cc1Cl. The average Bonchev–Trinajstić information content (AvgIpc) is 3.11. The number of oxazole rings is 1. The van der Waals surface area contributed by atoms with Crippen LogP contribution in [0.4, 0.5) is 10.5 Å². The molecule has 0 saturated carbocycles. The fourth-order valence-electron chi connectivity index (χ4n) is 3.70. The zero-order valence-corrected chi connectivity index (χ0v) is 18.9. The minimum absolute atomic E-state index is 0.0981. The standard InChI is InChI=1S/C24H27ClN4O2/c1-16-6-4-5-7-20(16)23-27-22(18(3)31-23)15-28-10-12-29(13-11-28)24(30)26-19-9-8-17(2)21(25)14-19/h4-9,14H,10-13,15H2,1-3H3,(H,26,30). The van der Waals surface area contributed by atoms with Crippen molar-refractivity contribution in [2.24, 2.45) is 0 Å². The van der Waals surface area contributed by atoms with E-state index in [1.165, 1.54) is 0 Å². The number of aryl methyl sites for hydroxylation is 3. The fourth-order valence-corrected chi connectivity index (χ4v) is 3.88. The summed E-state index contributed by atoms with van der Waals surface area (Å²) in [6.07, 6.45) is 0. The average molecular weight is 439 g/mol. The lowest BCUT2D eigenvalue weighted by molar-refractivity contribution is 0.141. The molecular weight excluding hydrogens is 412 g/mol. The number of urea groups is 1. The van der Waals surface area contributed by atoms with Gasteiger partial charge in [0.2, 0.25) is 5.89 Å². The molecule has 1 saturated heterocycles. The summed E-state index contributed by atoms with van der Waals surface area (Å²) in [5, 5.41) is 3.59. The van der Waals surface area contributed by atoms with Crippen molar-refractivity contribution >= 4 is 23.3 Å². The highest BCUT2D eigenvalue weighted by Crippen LogP contribution is 2.25. The van der Waals surface area contributed by atoms with E-state index >= 15 is 0 Å². The molecule has 3 aromatic rings. The molecule has 2 amide bonds. The van der Waals surface area contributed by atoms with Gasteiger partial charge in [0.15, 0.2) is 0 Å². The van der Waals surface area contributed by atoms with Gasteiger partial charge in [-0.1, -0.05) is 35.9 Å². The number of piperazine rings is 1. The molecule has 162 valence electrons. The van der Waals surface area contributed by atoms with Gasteiger partial charge in [-0.2, -0.15) is 0 Å². The van der Waals surface area contributed by atoms with Gasteiger partial charge in [0, 0.05) is 49.0 Å². The molecule has 1 N–H and O–H groups in total. The third-order valence-corrected chi connectivity index (χ3v) is 6.13. The molecule has 0 bridgehead atoms. The van der Waals surface area contributed by atoms with Crippen LogP contribution in [0.1, 0.15) is 22.6 Å². The van der Waals surface area contributed by atoms with Gasteiger partial charge < -0.3 is 14.6 Å². The number of carbonyl (C=O) groups is 1. The Kier molecular flexibility index (Phi) is 6.30. The molecule has 2 heterocycles. The summed E-state index contributed by atoms with van der Waals surface area (Å²) in [4.78, 5) is 21.5. The van der Waals surface area contributed by atoms with Crippen LogP contribution in [0.15, 0.2) is 46.9 Å². The quantitative estimate of drug-likeness (QED) is 0.602. The molecule has 4 rings (SSSR count). The number of nitrogens with zero attached hydrogens (tertiary/aromatic N) is 3. The molecule has 7 heteroatoms. The summed E-state index contributed by atoms with van der Waals surface area (Å²) in [5.74, 6) is 1.51. The Balaban J connectivity index is 1.34. The Bertz CT molecular complexity index is 1090.